The third kappa shape index (κ3) is 4.12. The third-order valence-electron chi connectivity index (χ3n) is 4.90. The van der Waals surface area contributed by atoms with E-state index in [0.29, 0.717) is 16.7 Å². The van der Waals surface area contributed by atoms with E-state index in [1.807, 2.05) is 47.8 Å². The third-order valence-corrected chi connectivity index (χ3v) is 6.29. The van der Waals surface area contributed by atoms with Gasteiger partial charge in [0.2, 0.25) is 0 Å². The number of rotatable bonds is 4. The molecule has 0 saturated heterocycles. The fraction of sp³-hybridized carbons (Fsp3) is 0. The minimum atomic E-state index is -0.676. The molecule has 5 aromatic rings. The molecule has 0 bridgehead atoms. The van der Waals surface area contributed by atoms with E-state index in [1.165, 1.54) is 6.07 Å². The average Bonchev–Trinajstić information content (AvgIpc) is 3.30. The fourth-order valence-corrected chi connectivity index (χ4v) is 4.51. The van der Waals surface area contributed by atoms with E-state index >= 15 is 0 Å². The zero-order valence-electron chi connectivity index (χ0n) is 16.5. The van der Waals surface area contributed by atoms with Crippen LogP contribution in [0.4, 0.5) is 5.69 Å². The van der Waals surface area contributed by atoms with Gasteiger partial charge in [-0.05, 0) is 36.4 Å². The monoisotopic (exact) mass is 502 g/mol. The van der Waals surface area contributed by atoms with Gasteiger partial charge in [-0.25, -0.2) is 9.78 Å². The fourth-order valence-electron chi connectivity index (χ4n) is 3.29. The molecule has 5 nitrogen and oxygen atoms in total. The van der Waals surface area contributed by atoms with Gasteiger partial charge >= 0.3 is 5.63 Å². The van der Waals surface area contributed by atoms with E-state index < -0.39 is 11.5 Å². The lowest BCUT2D eigenvalue weighted by Gasteiger charge is -2.06. The Morgan fingerprint density at radius 2 is 1.72 bits per heavy atom. The number of thiazole rings is 1. The second kappa shape index (κ2) is 8.53. The largest absolute Gasteiger partial charge is 0.422 e. The second-order valence-electron chi connectivity index (χ2n) is 7.07. The first kappa shape index (κ1) is 20.4. The number of benzene rings is 3. The molecular weight excluding hydrogens is 488 g/mol. The minimum absolute atomic E-state index is 0.0494. The van der Waals surface area contributed by atoms with Crippen LogP contribution >= 0.6 is 27.3 Å². The molecule has 2 aromatic heterocycles. The summed E-state index contributed by atoms with van der Waals surface area (Å²) in [4.78, 5) is 29.7. The first-order chi connectivity index (χ1) is 15.6. The van der Waals surface area contributed by atoms with Crippen LogP contribution in [-0.4, -0.2) is 10.9 Å². The molecule has 1 amide bonds. The number of aromatic nitrogens is 1. The zero-order chi connectivity index (χ0) is 22.1. The number of carbonyl (C=O) groups is 1. The van der Waals surface area contributed by atoms with Crippen molar-refractivity contribution in [2.75, 3.05) is 5.32 Å². The number of nitrogens with zero attached hydrogens (tertiary/aromatic N) is 1. The number of fused-ring (bicyclic) bond motifs is 1. The van der Waals surface area contributed by atoms with Crippen molar-refractivity contribution in [3.05, 3.63) is 105 Å². The lowest BCUT2D eigenvalue weighted by atomic mass is 10.1. The number of hydrogen-bond donors (Lipinski definition) is 1. The normalized spacial score (nSPS) is 10.9. The van der Waals surface area contributed by atoms with E-state index in [4.69, 9.17) is 9.40 Å². The summed E-state index contributed by atoms with van der Waals surface area (Å²) in [5, 5.41) is 6.38. The molecule has 0 fully saturated rings. The molecular formula is C25H15BrN2O3S. The van der Waals surface area contributed by atoms with E-state index in [9.17, 15) is 9.59 Å². The van der Waals surface area contributed by atoms with Crippen LogP contribution in [-0.2, 0) is 0 Å². The van der Waals surface area contributed by atoms with E-state index in [2.05, 4.69) is 21.2 Å². The number of carbonyl (C=O) groups excluding carboxylic acids is 1. The van der Waals surface area contributed by atoms with Gasteiger partial charge < -0.3 is 9.73 Å². The Morgan fingerprint density at radius 3 is 2.50 bits per heavy atom. The Morgan fingerprint density at radius 1 is 0.938 bits per heavy atom. The van der Waals surface area contributed by atoms with Crippen molar-refractivity contribution in [3.8, 4) is 21.8 Å². The van der Waals surface area contributed by atoms with Crippen molar-refractivity contribution in [1.82, 2.24) is 4.98 Å². The summed E-state index contributed by atoms with van der Waals surface area (Å²) in [6.45, 7) is 0. The molecule has 0 radical (unpaired) electrons. The summed E-state index contributed by atoms with van der Waals surface area (Å²) >= 11 is 4.97. The molecule has 0 unspecified atom stereocenters. The summed E-state index contributed by atoms with van der Waals surface area (Å²) in [5.74, 6) is -0.520. The van der Waals surface area contributed by atoms with Crippen molar-refractivity contribution in [2.45, 2.75) is 0 Å². The van der Waals surface area contributed by atoms with Gasteiger partial charge in [0.05, 0.1) is 5.69 Å². The van der Waals surface area contributed by atoms with Crippen LogP contribution in [0.5, 0.6) is 0 Å². The standard InChI is InChI=1S/C25H15BrN2O3S/c26-18-8-11-22-17(12-18)13-20(25(30)31-22)23(29)27-19-9-6-15(7-10-19)21-14-32-24(28-21)16-4-2-1-3-5-16/h1-14H,(H,27,29). The molecule has 0 saturated carbocycles. The highest BCUT2D eigenvalue weighted by Gasteiger charge is 2.14. The first-order valence-corrected chi connectivity index (χ1v) is 11.4. The lowest BCUT2D eigenvalue weighted by molar-refractivity contribution is 0.102. The second-order valence-corrected chi connectivity index (χ2v) is 8.84. The van der Waals surface area contributed by atoms with Gasteiger partial charge in [0, 0.05) is 32.1 Å². The maximum Gasteiger partial charge on any atom is 0.349 e. The van der Waals surface area contributed by atoms with Crippen LogP contribution < -0.4 is 10.9 Å². The number of halogens is 1. The average molecular weight is 503 g/mol. The molecule has 0 atom stereocenters. The minimum Gasteiger partial charge on any atom is -0.422 e. The molecule has 0 aliphatic carbocycles. The number of nitrogens with one attached hydrogen (secondary N) is 1. The summed E-state index contributed by atoms with van der Waals surface area (Å²) in [7, 11) is 0. The maximum absolute atomic E-state index is 12.7. The Bertz CT molecular complexity index is 1490. The van der Waals surface area contributed by atoms with Crippen molar-refractivity contribution in [1.29, 1.82) is 0 Å². The van der Waals surface area contributed by atoms with Crippen LogP contribution in [0, 0.1) is 0 Å². The molecule has 1 N–H and O–H groups in total. The first-order valence-electron chi connectivity index (χ1n) is 9.73. The van der Waals surface area contributed by atoms with Gasteiger partial charge in [-0.15, -0.1) is 11.3 Å². The Hall–Kier alpha value is -3.55. The molecule has 32 heavy (non-hydrogen) atoms. The highest BCUT2D eigenvalue weighted by molar-refractivity contribution is 9.10. The van der Waals surface area contributed by atoms with Crippen LogP contribution in [0.2, 0.25) is 0 Å². The van der Waals surface area contributed by atoms with Crippen molar-refractivity contribution in [2.24, 2.45) is 0 Å². The topological polar surface area (TPSA) is 72.2 Å². The quantitative estimate of drug-likeness (QED) is 0.281. The smallest absolute Gasteiger partial charge is 0.349 e. The highest BCUT2D eigenvalue weighted by Crippen LogP contribution is 2.29. The Kier molecular flexibility index (Phi) is 5.43. The molecule has 0 aliphatic rings. The zero-order valence-corrected chi connectivity index (χ0v) is 18.9. The van der Waals surface area contributed by atoms with Gasteiger partial charge in [0.25, 0.3) is 5.91 Å². The molecule has 0 spiro atoms. The maximum atomic E-state index is 12.7. The van der Waals surface area contributed by atoms with Crippen molar-refractivity contribution < 1.29 is 9.21 Å². The molecule has 2 heterocycles. The molecule has 7 heteroatoms. The van der Waals surface area contributed by atoms with Crippen molar-refractivity contribution in [3.63, 3.8) is 0 Å². The summed E-state index contributed by atoms with van der Waals surface area (Å²) in [6.07, 6.45) is 0. The Labute approximate surface area is 195 Å². The van der Waals surface area contributed by atoms with Crippen LogP contribution in [0.3, 0.4) is 0 Å². The van der Waals surface area contributed by atoms with Crippen LogP contribution in [0.25, 0.3) is 32.8 Å². The van der Waals surface area contributed by atoms with E-state index in [-0.39, 0.29) is 5.56 Å². The van der Waals surface area contributed by atoms with Gasteiger partial charge in [-0.3, -0.25) is 4.79 Å². The molecule has 5 rings (SSSR count). The number of amides is 1. The summed E-state index contributed by atoms with van der Waals surface area (Å²) in [5.41, 5.74) is 3.16. The van der Waals surface area contributed by atoms with Gasteiger partial charge in [0.15, 0.2) is 0 Å². The lowest BCUT2D eigenvalue weighted by Crippen LogP contribution is -2.20. The van der Waals surface area contributed by atoms with Crippen LogP contribution in [0.15, 0.2) is 97.9 Å². The molecule has 156 valence electrons. The Balaban J connectivity index is 1.36. The van der Waals surface area contributed by atoms with Crippen molar-refractivity contribution >= 4 is 49.8 Å². The van der Waals surface area contributed by atoms with Gasteiger partial charge in [-0.2, -0.15) is 0 Å². The van der Waals surface area contributed by atoms with Gasteiger partial charge in [-0.1, -0.05) is 58.4 Å². The number of anilines is 1. The predicted octanol–water partition coefficient (Wildman–Crippen LogP) is 6.60. The molecule has 3 aromatic carbocycles. The van der Waals surface area contributed by atoms with E-state index in [0.717, 1.165) is 26.3 Å². The SMILES string of the molecule is O=C(Nc1ccc(-c2csc(-c3ccccc3)n2)cc1)c1cc2cc(Br)ccc2oc1=O. The van der Waals surface area contributed by atoms with E-state index in [1.54, 1.807) is 41.7 Å². The summed E-state index contributed by atoms with van der Waals surface area (Å²) < 4.78 is 6.11. The highest BCUT2D eigenvalue weighted by atomic mass is 79.9. The predicted molar refractivity (Wildman–Crippen MR) is 131 cm³/mol. The van der Waals surface area contributed by atoms with Gasteiger partial charge in [0.1, 0.15) is 16.2 Å². The van der Waals surface area contributed by atoms with Crippen LogP contribution in [0.1, 0.15) is 10.4 Å². The molecule has 0 aliphatic heterocycles. The summed E-state index contributed by atoms with van der Waals surface area (Å²) in [6, 6.07) is 24.2. The number of hydrogen-bond acceptors (Lipinski definition) is 5.